The lowest BCUT2D eigenvalue weighted by Gasteiger charge is -2.14. The molecule has 180 valence electrons. The summed E-state index contributed by atoms with van der Waals surface area (Å²) in [5.41, 5.74) is 2.78. The summed E-state index contributed by atoms with van der Waals surface area (Å²) in [4.78, 5) is 28.7. The van der Waals surface area contributed by atoms with E-state index in [4.69, 9.17) is 25.8 Å². The van der Waals surface area contributed by atoms with Gasteiger partial charge in [0.2, 0.25) is 5.91 Å². The Morgan fingerprint density at radius 1 is 1.09 bits per heavy atom. The summed E-state index contributed by atoms with van der Waals surface area (Å²) in [7, 11) is 3.14. The molecule has 3 rings (SSSR count). The fourth-order valence-corrected chi connectivity index (χ4v) is 4.42. The Morgan fingerprint density at radius 3 is 2.44 bits per heavy atom. The fraction of sp³-hybridized carbons (Fsp3) is 0.280. The van der Waals surface area contributed by atoms with Gasteiger partial charge in [0.1, 0.15) is 0 Å². The number of carbonyl (C=O) groups excluding carboxylic acids is 2. The number of ether oxygens (including phenoxy) is 3. The van der Waals surface area contributed by atoms with Gasteiger partial charge in [0, 0.05) is 23.3 Å². The summed E-state index contributed by atoms with van der Waals surface area (Å²) >= 11 is 7.27. The predicted molar refractivity (Wildman–Crippen MR) is 134 cm³/mol. The Morgan fingerprint density at radius 2 is 1.79 bits per heavy atom. The first-order valence-electron chi connectivity index (χ1n) is 10.7. The minimum atomic E-state index is -0.468. The molecule has 0 bridgehead atoms. The van der Waals surface area contributed by atoms with Gasteiger partial charge >= 0.3 is 5.97 Å². The number of halogens is 1. The van der Waals surface area contributed by atoms with Crippen LogP contribution in [0.25, 0.3) is 11.1 Å². The summed E-state index contributed by atoms with van der Waals surface area (Å²) in [5, 5.41) is 3.63. The Hall–Kier alpha value is -3.10. The average Bonchev–Trinajstić information content (AvgIpc) is 3.26. The molecule has 0 saturated heterocycles. The van der Waals surface area contributed by atoms with Crippen LogP contribution in [0.5, 0.6) is 11.5 Å². The number of aromatic nitrogens is 1. The molecule has 0 aliphatic rings. The van der Waals surface area contributed by atoms with Gasteiger partial charge in [0.15, 0.2) is 11.5 Å². The zero-order valence-electron chi connectivity index (χ0n) is 19.4. The van der Waals surface area contributed by atoms with Crippen LogP contribution in [-0.2, 0) is 16.1 Å². The van der Waals surface area contributed by atoms with Gasteiger partial charge in [-0.25, -0.2) is 4.79 Å². The van der Waals surface area contributed by atoms with Crippen LogP contribution in [0.4, 0.5) is 0 Å². The molecule has 0 unspecified atom stereocenters. The largest absolute Gasteiger partial charge is 0.493 e. The van der Waals surface area contributed by atoms with Crippen LogP contribution in [0, 0.1) is 0 Å². The lowest BCUT2D eigenvalue weighted by Crippen LogP contribution is -2.30. The highest BCUT2D eigenvalue weighted by Crippen LogP contribution is 2.35. The van der Waals surface area contributed by atoms with Crippen molar-refractivity contribution in [3.8, 4) is 22.6 Å². The van der Waals surface area contributed by atoms with Gasteiger partial charge in [-0.15, -0.1) is 0 Å². The average molecular weight is 503 g/mol. The lowest BCUT2D eigenvalue weighted by molar-refractivity contribution is -0.120. The van der Waals surface area contributed by atoms with Crippen molar-refractivity contribution < 1.29 is 23.8 Å². The van der Waals surface area contributed by atoms with Gasteiger partial charge in [-0.1, -0.05) is 41.6 Å². The first kappa shape index (κ1) is 25.5. The van der Waals surface area contributed by atoms with E-state index in [1.807, 2.05) is 24.3 Å². The third-order valence-corrected chi connectivity index (χ3v) is 6.43. The van der Waals surface area contributed by atoms with Gasteiger partial charge in [0.05, 0.1) is 36.7 Å². The number of methoxy groups -OCH3 is 2. The molecule has 0 spiro atoms. The first-order chi connectivity index (χ1) is 16.4. The lowest BCUT2D eigenvalue weighted by atomic mass is 10.1. The van der Waals surface area contributed by atoms with E-state index in [2.05, 4.69) is 10.3 Å². The van der Waals surface area contributed by atoms with Crippen LogP contribution < -0.4 is 14.8 Å². The summed E-state index contributed by atoms with van der Waals surface area (Å²) in [5.74, 6) is 0.597. The molecule has 0 aliphatic carbocycles. The fourth-order valence-electron chi connectivity index (χ4n) is 3.31. The van der Waals surface area contributed by atoms with Crippen LogP contribution in [0.2, 0.25) is 5.02 Å². The number of carbonyl (C=O) groups is 2. The van der Waals surface area contributed by atoms with E-state index in [1.54, 1.807) is 52.5 Å². The summed E-state index contributed by atoms with van der Waals surface area (Å²) in [6, 6.07) is 12.7. The van der Waals surface area contributed by atoms with Gasteiger partial charge in [-0.3, -0.25) is 4.79 Å². The second-order valence-electron chi connectivity index (χ2n) is 7.30. The number of aromatic amines is 1. The molecule has 3 aromatic rings. The van der Waals surface area contributed by atoms with E-state index in [-0.39, 0.29) is 12.5 Å². The number of nitrogens with one attached hydrogen (secondary N) is 2. The first-order valence-corrected chi connectivity index (χ1v) is 11.9. The number of hydrogen-bond donors (Lipinski definition) is 2. The smallest absolute Gasteiger partial charge is 0.341 e. The van der Waals surface area contributed by atoms with Crippen LogP contribution in [0.1, 0.15) is 29.8 Å². The molecule has 0 aliphatic heterocycles. The third kappa shape index (κ3) is 6.07. The Labute approximate surface area is 208 Å². The van der Waals surface area contributed by atoms with E-state index >= 15 is 0 Å². The van der Waals surface area contributed by atoms with Crippen molar-refractivity contribution in [2.24, 2.45) is 0 Å². The van der Waals surface area contributed by atoms with Crippen molar-refractivity contribution in [2.45, 2.75) is 30.7 Å². The number of hydrogen-bond acceptors (Lipinski definition) is 6. The number of esters is 1. The van der Waals surface area contributed by atoms with Gasteiger partial charge in [-0.2, -0.15) is 0 Å². The molecule has 1 heterocycles. The van der Waals surface area contributed by atoms with E-state index in [0.717, 1.165) is 11.1 Å². The molecule has 9 heteroatoms. The van der Waals surface area contributed by atoms with Crippen LogP contribution in [-0.4, -0.2) is 42.9 Å². The molecule has 2 aromatic carbocycles. The maximum absolute atomic E-state index is 12.8. The molecule has 1 atom stereocenters. The topological polar surface area (TPSA) is 89.7 Å². The van der Waals surface area contributed by atoms with Crippen molar-refractivity contribution >= 4 is 35.2 Å². The summed E-state index contributed by atoms with van der Waals surface area (Å²) in [6.07, 6.45) is 1.74. The molecule has 0 fully saturated rings. The van der Waals surface area contributed by atoms with Crippen molar-refractivity contribution in [1.82, 2.24) is 10.3 Å². The van der Waals surface area contributed by atoms with Crippen molar-refractivity contribution in [1.29, 1.82) is 0 Å². The molecule has 2 N–H and O–H groups in total. The Bertz CT molecular complexity index is 1150. The van der Waals surface area contributed by atoms with E-state index < -0.39 is 11.2 Å². The van der Waals surface area contributed by atoms with Gasteiger partial charge < -0.3 is 24.5 Å². The third-order valence-electron chi connectivity index (χ3n) is 5.06. The second kappa shape index (κ2) is 11.9. The number of benzene rings is 2. The highest BCUT2D eigenvalue weighted by molar-refractivity contribution is 8.00. The molecule has 34 heavy (non-hydrogen) atoms. The monoisotopic (exact) mass is 502 g/mol. The van der Waals surface area contributed by atoms with Crippen LogP contribution >= 0.6 is 23.4 Å². The van der Waals surface area contributed by atoms with Gasteiger partial charge in [0.25, 0.3) is 0 Å². The predicted octanol–water partition coefficient (Wildman–Crippen LogP) is 5.33. The molecular weight excluding hydrogens is 476 g/mol. The SMILES string of the molecule is CCOC(=O)c1c(-c2ccc(Cl)cc2)c[nH]c1S[C@H](C)C(=O)NCc1ccc(OC)c(OC)c1. The highest BCUT2D eigenvalue weighted by atomic mass is 35.5. The molecule has 1 amide bonds. The summed E-state index contributed by atoms with van der Waals surface area (Å²) < 4.78 is 15.8. The van der Waals surface area contributed by atoms with Crippen LogP contribution in [0.3, 0.4) is 0 Å². The number of thioether (sulfide) groups is 1. The molecule has 0 radical (unpaired) electrons. The molecule has 1 aromatic heterocycles. The molecule has 7 nitrogen and oxygen atoms in total. The Balaban J connectivity index is 1.74. The molecule has 0 saturated carbocycles. The Kier molecular flexibility index (Phi) is 8.90. The maximum Gasteiger partial charge on any atom is 0.341 e. The minimum Gasteiger partial charge on any atom is -0.493 e. The number of rotatable bonds is 10. The van der Waals surface area contributed by atoms with Crippen LogP contribution in [0.15, 0.2) is 53.7 Å². The van der Waals surface area contributed by atoms with E-state index in [9.17, 15) is 9.59 Å². The quantitative estimate of drug-likeness (QED) is 0.288. The normalized spacial score (nSPS) is 11.6. The highest BCUT2D eigenvalue weighted by Gasteiger charge is 2.25. The van der Waals surface area contributed by atoms with Crippen molar-refractivity contribution in [2.75, 3.05) is 20.8 Å². The standard InChI is InChI=1S/C25H27ClN2O5S/c1-5-33-25(30)22-19(17-7-9-18(26)10-8-17)14-28-24(22)34-15(2)23(29)27-13-16-6-11-20(31-3)21(12-16)32-4/h6-12,14-15,28H,5,13H2,1-4H3,(H,27,29)/t15-/m1/s1. The van der Waals surface area contributed by atoms with Crippen molar-refractivity contribution in [3.63, 3.8) is 0 Å². The second-order valence-corrected chi connectivity index (χ2v) is 9.09. The molecular formula is C25H27ClN2O5S. The zero-order valence-corrected chi connectivity index (χ0v) is 21.0. The van der Waals surface area contributed by atoms with E-state index in [1.165, 1.54) is 11.8 Å². The number of amides is 1. The summed E-state index contributed by atoms with van der Waals surface area (Å²) in [6.45, 7) is 4.11. The minimum absolute atomic E-state index is 0.169. The van der Waals surface area contributed by atoms with Crippen molar-refractivity contribution in [3.05, 3.63) is 64.8 Å². The van der Waals surface area contributed by atoms with Gasteiger partial charge in [-0.05, 0) is 49.2 Å². The zero-order chi connectivity index (χ0) is 24.7. The van der Waals surface area contributed by atoms with E-state index in [0.29, 0.717) is 39.2 Å². The maximum atomic E-state index is 12.8. The number of H-pyrrole nitrogens is 1.